The van der Waals surface area contributed by atoms with Gasteiger partial charge in [-0.3, -0.25) is 4.79 Å². The monoisotopic (exact) mass is 235 g/mol. The maximum Gasteiger partial charge on any atom is 0.258 e. The molecule has 0 saturated heterocycles. The molecule has 86 valence electrons. The van der Waals surface area contributed by atoms with Gasteiger partial charge >= 0.3 is 0 Å². The first-order valence-electron chi connectivity index (χ1n) is 4.69. The summed E-state index contributed by atoms with van der Waals surface area (Å²) in [6.07, 6.45) is 3.75. The van der Waals surface area contributed by atoms with E-state index in [1.54, 1.807) is 0 Å². The van der Waals surface area contributed by atoms with E-state index in [9.17, 15) is 13.6 Å². The van der Waals surface area contributed by atoms with E-state index < -0.39 is 23.2 Å². The quantitative estimate of drug-likeness (QED) is 0.866. The number of carbonyl (C=O) groups is 1. The predicted molar refractivity (Wildman–Crippen MR) is 56.3 cm³/mol. The number of para-hydroxylation sites is 1. The van der Waals surface area contributed by atoms with Gasteiger partial charge in [0.05, 0.1) is 5.56 Å². The second kappa shape index (κ2) is 4.65. The number of anilines is 1. The molecule has 1 N–H and O–H groups in total. The molecule has 0 atom stereocenters. The van der Waals surface area contributed by atoms with Gasteiger partial charge in [-0.05, 0) is 12.1 Å². The van der Waals surface area contributed by atoms with Crippen molar-refractivity contribution in [2.75, 3.05) is 5.32 Å². The lowest BCUT2D eigenvalue weighted by Gasteiger charge is -2.06. The van der Waals surface area contributed by atoms with E-state index in [-0.39, 0.29) is 5.56 Å². The fourth-order valence-electron chi connectivity index (χ4n) is 1.22. The number of rotatable bonds is 2. The zero-order valence-corrected chi connectivity index (χ0v) is 8.52. The minimum absolute atomic E-state index is 0.121. The van der Waals surface area contributed by atoms with E-state index in [2.05, 4.69) is 15.3 Å². The molecule has 0 aliphatic carbocycles. The Hall–Kier alpha value is -2.37. The SMILES string of the molecule is O=C(Nc1c(F)cccc1F)c1cncnc1. The normalized spacial score (nSPS) is 10.0. The van der Waals surface area contributed by atoms with Crippen LogP contribution in [0.15, 0.2) is 36.9 Å². The molecular formula is C11H7F2N3O. The molecule has 1 heterocycles. The average Bonchev–Trinajstić information content (AvgIpc) is 2.35. The fourth-order valence-corrected chi connectivity index (χ4v) is 1.22. The number of hydrogen-bond donors (Lipinski definition) is 1. The third-order valence-corrected chi connectivity index (χ3v) is 2.02. The number of nitrogens with one attached hydrogen (secondary N) is 1. The van der Waals surface area contributed by atoms with Gasteiger partial charge in [-0.1, -0.05) is 6.07 Å². The highest BCUT2D eigenvalue weighted by Gasteiger charge is 2.13. The summed E-state index contributed by atoms with van der Waals surface area (Å²) in [4.78, 5) is 18.9. The van der Waals surface area contributed by atoms with Crippen LogP contribution in [0.4, 0.5) is 14.5 Å². The molecule has 2 rings (SSSR count). The number of hydrogen-bond acceptors (Lipinski definition) is 3. The van der Waals surface area contributed by atoms with Gasteiger partial charge in [0.2, 0.25) is 0 Å². The van der Waals surface area contributed by atoms with Crippen molar-refractivity contribution in [2.24, 2.45) is 0 Å². The molecule has 2 aromatic rings. The smallest absolute Gasteiger partial charge is 0.258 e. The first kappa shape index (κ1) is 11.1. The van der Waals surface area contributed by atoms with Crippen LogP contribution >= 0.6 is 0 Å². The van der Waals surface area contributed by atoms with Crippen molar-refractivity contribution in [3.05, 3.63) is 54.1 Å². The van der Waals surface area contributed by atoms with Crippen molar-refractivity contribution in [2.45, 2.75) is 0 Å². The van der Waals surface area contributed by atoms with Crippen LogP contribution in [0.25, 0.3) is 0 Å². The maximum atomic E-state index is 13.2. The Morgan fingerprint density at radius 1 is 1.12 bits per heavy atom. The van der Waals surface area contributed by atoms with Crippen molar-refractivity contribution in [3.63, 3.8) is 0 Å². The van der Waals surface area contributed by atoms with Gasteiger partial charge in [0.25, 0.3) is 5.91 Å². The van der Waals surface area contributed by atoms with Crippen LogP contribution in [0.5, 0.6) is 0 Å². The standard InChI is InChI=1S/C11H7F2N3O/c12-8-2-1-3-9(13)10(8)16-11(17)7-4-14-6-15-5-7/h1-6H,(H,16,17). The molecule has 17 heavy (non-hydrogen) atoms. The van der Waals surface area contributed by atoms with Crippen molar-refractivity contribution < 1.29 is 13.6 Å². The van der Waals surface area contributed by atoms with Crippen molar-refractivity contribution in [1.82, 2.24) is 9.97 Å². The summed E-state index contributed by atoms with van der Waals surface area (Å²) in [5.41, 5.74) is -0.364. The summed E-state index contributed by atoms with van der Waals surface area (Å²) in [5, 5.41) is 2.13. The summed E-state index contributed by atoms with van der Waals surface area (Å²) in [6, 6.07) is 3.33. The Morgan fingerprint density at radius 3 is 2.29 bits per heavy atom. The molecule has 0 aliphatic heterocycles. The Labute approximate surface area is 95.3 Å². The first-order chi connectivity index (χ1) is 8.18. The summed E-state index contributed by atoms with van der Waals surface area (Å²) in [7, 11) is 0. The van der Waals surface area contributed by atoms with E-state index in [1.807, 2.05) is 0 Å². The molecule has 0 spiro atoms. The van der Waals surface area contributed by atoms with Crippen LogP contribution < -0.4 is 5.32 Å². The van der Waals surface area contributed by atoms with Gasteiger partial charge < -0.3 is 5.32 Å². The van der Waals surface area contributed by atoms with Gasteiger partial charge in [-0.25, -0.2) is 18.7 Å². The van der Waals surface area contributed by atoms with Gasteiger partial charge in [0.15, 0.2) is 0 Å². The molecule has 1 aromatic heterocycles. The number of aromatic nitrogens is 2. The number of amides is 1. The molecule has 0 unspecified atom stereocenters. The summed E-state index contributed by atoms with van der Waals surface area (Å²) in [6.45, 7) is 0. The second-order valence-electron chi connectivity index (χ2n) is 3.18. The molecule has 0 radical (unpaired) electrons. The summed E-state index contributed by atoms with van der Waals surface area (Å²) in [5.74, 6) is -2.35. The zero-order valence-electron chi connectivity index (χ0n) is 8.52. The van der Waals surface area contributed by atoms with E-state index in [0.717, 1.165) is 12.1 Å². The largest absolute Gasteiger partial charge is 0.317 e. The highest BCUT2D eigenvalue weighted by atomic mass is 19.1. The Bertz CT molecular complexity index is 525. The summed E-state index contributed by atoms with van der Waals surface area (Å²) < 4.78 is 26.5. The number of benzene rings is 1. The van der Waals surface area contributed by atoms with Crippen LogP contribution in [-0.2, 0) is 0 Å². The van der Waals surface area contributed by atoms with Gasteiger partial charge in [-0.15, -0.1) is 0 Å². The maximum absolute atomic E-state index is 13.2. The molecule has 4 nitrogen and oxygen atoms in total. The van der Waals surface area contributed by atoms with Crippen LogP contribution in [0, 0.1) is 11.6 Å². The van der Waals surface area contributed by atoms with Crippen LogP contribution in [0.3, 0.4) is 0 Å². The molecule has 1 aromatic carbocycles. The topological polar surface area (TPSA) is 54.9 Å². The molecule has 0 aliphatic rings. The van der Waals surface area contributed by atoms with Gasteiger partial charge in [0.1, 0.15) is 23.6 Å². The molecule has 0 fully saturated rings. The minimum atomic E-state index is -0.838. The number of nitrogens with zero attached hydrogens (tertiary/aromatic N) is 2. The third-order valence-electron chi connectivity index (χ3n) is 2.02. The second-order valence-corrected chi connectivity index (χ2v) is 3.18. The number of halogens is 2. The fraction of sp³-hybridized carbons (Fsp3) is 0. The van der Waals surface area contributed by atoms with E-state index in [0.29, 0.717) is 0 Å². The van der Waals surface area contributed by atoms with E-state index in [1.165, 1.54) is 24.8 Å². The molecular weight excluding hydrogens is 228 g/mol. The van der Waals surface area contributed by atoms with Crippen LogP contribution in [-0.4, -0.2) is 15.9 Å². The van der Waals surface area contributed by atoms with Crippen molar-refractivity contribution in [3.8, 4) is 0 Å². The molecule has 6 heteroatoms. The van der Waals surface area contributed by atoms with Crippen molar-refractivity contribution >= 4 is 11.6 Å². The van der Waals surface area contributed by atoms with E-state index in [4.69, 9.17) is 0 Å². The first-order valence-corrected chi connectivity index (χ1v) is 4.69. The highest BCUT2D eigenvalue weighted by Crippen LogP contribution is 2.18. The summed E-state index contributed by atoms with van der Waals surface area (Å²) >= 11 is 0. The number of carbonyl (C=O) groups excluding carboxylic acids is 1. The Morgan fingerprint density at radius 2 is 1.71 bits per heavy atom. The van der Waals surface area contributed by atoms with Gasteiger partial charge in [-0.2, -0.15) is 0 Å². The molecule has 0 saturated carbocycles. The van der Waals surface area contributed by atoms with Crippen LogP contribution in [0.1, 0.15) is 10.4 Å². The Balaban J connectivity index is 2.25. The predicted octanol–water partition coefficient (Wildman–Crippen LogP) is 2.01. The lowest BCUT2D eigenvalue weighted by molar-refractivity contribution is 0.102. The third kappa shape index (κ3) is 2.41. The van der Waals surface area contributed by atoms with E-state index >= 15 is 0 Å². The molecule has 1 amide bonds. The Kier molecular flexibility index (Phi) is 3.04. The highest BCUT2D eigenvalue weighted by molar-refractivity contribution is 6.03. The van der Waals surface area contributed by atoms with Gasteiger partial charge in [0, 0.05) is 12.4 Å². The molecule has 0 bridgehead atoms. The average molecular weight is 235 g/mol. The zero-order chi connectivity index (χ0) is 12.3. The lowest BCUT2D eigenvalue weighted by Crippen LogP contribution is -2.14. The van der Waals surface area contributed by atoms with Crippen LogP contribution in [0.2, 0.25) is 0 Å². The van der Waals surface area contributed by atoms with Crippen molar-refractivity contribution in [1.29, 1.82) is 0 Å². The minimum Gasteiger partial charge on any atom is -0.317 e. The lowest BCUT2D eigenvalue weighted by atomic mass is 10.2.